The molecule has 0 spiro atoms. The Morgan fingerprint density at radius 2 is 2.15 bits per heavy atom. The summed E-state index contributed by atoms with van der Waals surface area (Å²) < 4.78 is 5.85. The highest BCUT2D eigenvalue weighted by Gasteiger charge is 2.17. The van der Waals surface area contributed by atoms with E-state index in [1.807, 2.05) is 0 Å². The van der Waals surface area contributed by atoms with Crippen molar-refractivity contribution in [2.24, 2.45) is 0 Å². The van der Waals surface area contributed by atoms with Crippen LogP contribution in [0, 0.1) is 17.0 Å². The summed E-state index contributed by atoms with van der Waals surface area (Å²) in [5.74, 6) is 1.05. The van der Waals surface area contributed by atoms with Crippen molar-refractivity contribution in [1.29, 1.82) is 0 Å². The molecule has 2 aromatic rings. The lowest BCUT2D eigenvalue weighted by atomic mass is 10.3. The van der Waals surface area contributed by atoms with Gasteiger partial charge in [-0.1, -0.05) is 6.07 Å². The van der Waals surface area contributed by atoms with E-state index in [9.17, 15) is 10.1 Å². The number of hydrogen-bond donors (Lipinski definition) is 1. The molecule has 0 saturated carbocycles. The first kappa shape index (κ1) is 14.2. The SMILES string of the molecule is CNc1nc(C)cc(Oc2cccc([N+](=O)[O-])c2Br)n1. The van der Waals surface area contributed by atoms with E-state index in [0.717, 1.165) is 5.69 Å². The van der Waals surface area contributed by atoms with Crippen LogP contribution in [0.2, 0.25) is 0 Å². The normalized spacial score (nSPS) is 10.2. The van der Waals surface area contributed by atoms with Crippen LogP contribution in [-0.2, 0) is 0 Å². The molecule has 104 valence electrons. The molecule has 8 heteroatoms. The minimum Gasteiger partial charge on any atom is -0.437 e. The molecule has 0 radical (unpaired) electrons. The lowest BCUT2D eigenvalue weighted by molar-refractivity contribution is -0.385. The minimum atomic E-state index is -0.485. The smallest absolute Gasteiger partial charge is 0.287 e. The molecule has 1 aromatic carbocycles. The minimum absolute atomic E-state index is 0.0675. The van der Waals surface area contributed by atoms with Gasteiger partial charge in [-0.15, -0.1) is 0 Å². The molecule has 0 saturated heterocycles. The Bertz CT molecular complexity index is 663. The molecule has 0 fully saturated rings. The van der Waals surface area contributed by atoms with E-state index in [2.05, 4.69) is 31.2 Å². The maximum Gasteiger partial charge on any atom is 0.287 e. The number of aryl methyl sites for hydroxylation is 1. The fourth-order valence-electron chi connectivity index (χ4n) is 1.54. The van der Waals surface area contributed by atoms with Gasteiger partial charge in [0.15, 0.2) is 5.75 Å². The first-order chi connectivity index (χ1) is 9.51. The van der Waals surface area contributed by atoms with E-state index >= 15 is 0 Å². The molecule has 1 aromatic heterocycles. The van der Waals surface area contributed by atoms with Crippen molar-refractivity contribution in [3.63, 3.8) is 0 Å². The number of nitro groups is 1. The summed E-state index contributed by atoms with van der Waals surface area (Å²) in [5.41, 5.74) is 0.656. The Balaban J connectivity index is 2.37. The van der Waals surface area contributed by atoms with Crippen molar-refractivity contribution in [2.45, 2.75) is 6.92 Å². The third kappa shape index (κ3) is 3.02. The van der Waals surface area contributed by atoms with Crippen molar-refractivity contribution in [2.75, 3.05) is 12.4 Å². The van der Waals surface area contributed by atoms with E-state index in [4.69, 9.17) is 4.74 Å². The third-order valence-corrected chi connectivity index (χ3v) is 3.21. The Hall–Kier alpha value is -2.22. The largest absolute Gasteiger partial charge is 0.437 e. The first-order valence-corrected chi connectivity index (χ1v) is 6.44. The molecule has 0 aliphatic carbocycles. The van der Waals surface area contributed by atoms with E-state index < -0.39 is 4.92 Å². The summed E-state index contributed by atoms with van der Waals surface area (Å²) in [7, 11) is 1.70. The Kier molecular flexibility index (Phi) is 4.14. The van der Waals surface area contributed by atoms with Crippen LogP contribution in [0.3, 0.4) is 0 Å². The van der Waals surface area contributed by atoms with Gasteiger partial charge in [-0.2, -0.15) is 4.98 Å². The van der Waals surface area contributed by atoms with Gasteiger partial charge in [0.2, 0.25) is 11.8 Å². The summed E-state index contributed by atoms with van der Waals surface area (Å²) in [4.78, 5) is 18.6. The second kappa shape index (κ2) is 5.83. The van der Waals surface area contributed by atoms with Gasteiger partial charge in [-0.05, 0) is 28.9 Å². The van der Waals surface area contributed by atoms with Crippen molar-refractivity contribution in [3.8, 4) is 11.6 Å². The molecule has 0 aliphatic heterocycles. The average molecular weight is 339 g/mol. The third-order valence-electron chi connectivity index (χ3n) is 2.41. The molecule has 1 N–H and O–H groups in total. The van der Waals surface area contributed by atoms with Gasteiger partial charge in [0, 0.05) is 24.9 Å². The summed E-state index contributed by atoms with van der Waals surface area (Å²) in [6.07, 6.45) is 0. The van der Waals surface area contributed by atoms with Gasteiger partial charge in [-0.3, -0.25) is 10.1 Å². The molecule has 2 rings (SSSR count). The molecular weight excluding hydrogens is 328 g/mol. The van der Waals surface area contributed by atoms with Gasteiger partial charge in [-0.25, -0.2) is 4.98 Å². The van der Waals surface area contributed by atoms with Gasteiger partial charge in [0.05, 0.1) is 4.92 Å². The summed E-state index contributed by atoms with van der Waals surface area (Å²) in [6, 6.07) is 6.20. The molecule has 0 bridgehead atoms. The number of anilines is 1. The number of aromatic nitrogens is 2. The fraction of sp³-hybridized carbons (Fsp3) is 0.167. The van der Waals surface area contributed by atoms with Crippen molar-refractivity contribution < 1.29 is 9.66 Å². The van der Waals surface area contributed by atoms with Crippen LogP contribution < -0.4 is 10.1 Å². The highest BCUT2D eigenvalue weighted by molar-refractivity contribution is 9.10. The van der Waals surface area contributed by atoms with Crippen LogP contribution >= 0.6 is 15.9 Å². The Labute approximate surface area is 123 Å². The average Bonchev–Trinajstić information content (AvgIpc) is 2.40. The number of nitrogens with one attached hydrogen (secondary N) is 1. The zero-order chi connectivity index (χ0) is 14.7. The topological polar surface area (TPSA) is 90.2 Å². The molecule has 7 nitrogen and oxygen atoms in total. The van der Waals surface area contributed by atoms with Crippen LogP contribution in [-0.4, -0.2) is 21.9 Å². The molecule has 20 heavy (non-hydrogen) atoms. The molecule has 0 amide bonds. The molecular formula is C12H11BrN4O3. The predicted octanol–water partition coefficient (Wildman–Crippen LogP) is 3.29. The summed E-state index contributed by atoms with van der Waals surface area (Å²) >= 11 is 3.17. The lowest BCUT2D eigenvalue weighted by Crippen LogP contribution is -2.00. The number of hydrogen-bond acceptors (Lipinski definition) is 6. The fourth-order valence-corrected chi connectivity index (χ4v) is 2.03. The van der Waals surface area contributed by atoms with Crippen molar-refractivity contribution in [3.05, 3.63) is 44.5 Å². The van der Waals surface area contributed by atoms with Crippen LogP contribution in [0.1, 0.15) is 5.69 Å². The lowest BCUT2D eigenvalue weighted by Gasteiger charge is -2.08. The van der Waals surface area contributed by atoms with E-state index in [0.29, 0.717) is 17.6 Å². The van der Waals surface area contributed by atoms with Crippen LogP contribution in [0.5, 0.6) is 11.6 Å². The van der Waals surface area contributed by atoms with Crippen LogP contribution in [0.15, 0.2) is 28.7 Å². The zero-order valence-electron chi connectivity index (χ0n) is 10.8. The number of nitro benzene ring substituents is 1. The summed E-state index contributed by atoms with van der Waals surface area (Å²) in [6.45, 7) is 1.80. The second-order valence-corrected chi connectivity index (χ2v) is 4.66. The highest BCUT2D eigenvalue weighted by Crippen LogP contribution is 2.36. The van der Waals surface area contributed by atoms with Gasteiger partial charge in [0.1, 0.15) is 4.47 Å². The monoisotopic (exact) mass is 338 g/mol. The maximum absolute atomic E-state index is 10.9. The van der Waals surface area contributed by atoms with Crippen molar-refractivity contribution >= 4 is 27.6 Å². The quantitative estimate of drug-likeness (QED) is 0.679. The first-order valence-electron chi connectivity index (χ1n) is 5.65. The Morgan fingerprint density at radius 1 is 1.40 bits per heavy atom. The standard InChI is InChI=1S/C12H11BrN4O3/c1-7-6-10(16-12(14-2)15-7)20-9-5-3-4-8(11(9)13)17(18)19/h3-6H,1-2H3,(H,14,15,16). The van der Waals surface area contributed by atoms with Crippen LogP contribution in [0.25, 0.3) is 0 Å². The van der Waals surface area contributed by atoms with Gasteiger partial charge < -0.3 is 10.1 Å². The van der Waals surface area contributed by atoms with E-state index in [-0.39, 0.29) is 10.2 Å². The molecule has 0 aliphatic rings. The van der Waals surface area contributed by atoms with E-state index in [1.54, 1.807) is 32.2 Å². The van der Waals surface area contributed by atoms with Gasteiger partial charge >= 0.3 is 0 Å². The van der Waals surface area contributed by atoms with Crippen molar-refractivity contribution in [1.82, 2.24) is 9.97 Å². The van der Waals surface area contributed by atoms with Crippen LogP contribution in [0.4, 0.5) is 11.6 Å². The van der Waals surface area contributed by atoms with E-state index in [1.165, 1.54) is 6.07 Å². The zero-order valence-corrected chi connectivity index (χ0v) is 12.3. The number of rotatable bonds is 4. The second-order valence-electron chi connectivity index (χ2n) is 3.87. The molecule has 0 unspecified atom stereocenters. The number of benzene rings is 1. The predicted molar refractivity (Wildman–Crippen MR) is 77.2 cm³/mol. The van der Waals surface area contributed by atoms with Gasteiger partial charge in [0.25, 0.3) is 5.69 Å². The number of nitrogens with zero attached hydrogens (tertiary/aromatic N) is 3. The summed E-state index contributed by atoms with van der Waals surface area (Å²) in [5, 5.41) is 13.7. The highest BCUT2D eigenvalue weighted by atomic mass is 79.9. The number of ether oxygens (including phenoxy) is 1. The maximum atomic E-state index is 10.9. The molecule has 1 heterocycles. The Morgan fingerprint density at radius 3 is 2.80 bits per heavy atom. The number of halogens is 1. The molecule has 0 atom stereocenters.